The van der Waals surface area contributed by atoms with Crippen LogP contribution in [0.25, 0.3) is 0 Å². The molecule has 0 radical (unpaired) electrons. The highest BCUT2D eigenvalue weighted by Crippen LogP contribution is 2.32. The molecule has 0 bridgehead atoms. The molecule has 0 fully saturated rings. The van der Waals surface area contributed by atoms with Crippen LogP contribution in [0.4, 0.5) is 0 Å². The third-order valence-corrected chi connectivity index (χ3v) is 3.95. The SMILES string of the molecule is Cc1cccc(Oc2cccc(Oc3cccc(C)c3C#N)c2)c1C#N. The van der Waals surface area contributed by atoms with E-state index in [1.54, 1.807) is 36.4 Å². The molecular weight excluding hydrogens is 324 g/mol. The van der Waals surface area contributed by atoms with Crippen molar-refractivity contribution in [3.8, 4) is 35.1 Å². The molecule has 3 aromatic rings. The van der Waals surface area contributed by atoms with E-state index in [0.29, 0.717) is 34.1 Å². The van der Waals surface area contributed by atoms with Gasteiger partial charge < -0.3 is 9.47 Å². The first kappa shape index (κ1) is 17.1. The standard InChI is InChI=1S/C22H16N2O2/c1-15-6-3-10-21(19(15)13-23)25-17-8-5-9-18(12-17)26-22-11-4-7-16(2)20(22)14-24/h3-12H,1-2H3. The number of hydrogen-bond donors (Lipinski definition) is 0. The number of rotatable bonds is 4. The van der Waals surface area contributed by atoms with Crippen LogP contribution in [0.2, 0.25) is 0 Å². The summed E-state index contributed by atoms with van der Waals surface area (Å²) in [5.41, 5.74) is 2.72. The highest BCUT2D eigenvalue weighted by molar-refractivity contribution is 5.52. The largest absolute Gasteiger partial charge is 0.456 e. The third kappa shape index (κ3) is 3.50. The maximum Gasteiger partial charge on any atom is 0.145 e. The minimum Gasteiger partial charge on any atom is -0.456 e. The molecule has 4 heteroatoms. The van der Waals surface area contributed by atoms with Crippen molar-refractivity contribution < 1.29 is 9.47 Å². The van der Waals surface area contributed by atoms with E-state index in [4.69, 9.17) is 9.47 Å². The van der Waals surface area contributed by atoms with Gasteiger partial charge in [0, 0.05) is 6.07 Å². The minimum absolute atomic E-state index is 0.498. The quantitative estimate of drug-likeness (QED) is 0.617. The van der Waals surface area contributed by atoms with Gasteiger partial charge in [-0.1, -0.05) is 30.3 Å². The van der Waals surface area contributed by atoms with E-state index in [-0.39, 0.29) is 0 Å². The fourth-order valence-electron chi connectivity index (χ4n) is 2.59. The van der Waals surface area contributed by atoms with E-state index < -0.39 is 0 Å². The fraction of sp³-hybridized carbons (Fsp3) is 0.0909. The molecule has 0 heterocycles. The normalized spacial score (nSPS) is 9.85. The summed E-state index contributed by atoms with van der Waals surface area (Å²) in [6.07, 6.45) is 0. The van der Waals surface area contributed by atoms with Crippen molar-refractivity contribution in [1.82, 2.24) is 0 Å². The Morgan fingerprint density at radius 3 is 1.50 bits per heavy atom. The molecule has 3 rings (SSSR count). The van der Waals surface area contributed by atoms with Crippen LogP contribution in [0.1, 0.15) is 22.3 Å². The first-order valence-corrected chi connectivity index (χ1v) is 8.07. The van der Waals surface area contributed by atoms with Gasteiger partial charge in [0.05, 0.1) is 11.1 Å². The number of ether oxygens (including phenoxy) is 2. The molecule has 0 aliphatic carbocycles. The van der Waals surface area contributed by atoms with Crippen LogP contribution >= 0.6 is 0 Å². The summed E-state index contributed by atoms with van der Waals surface area (Å²) in [4.78, 5) is 0. The molecule has 0 saturated carbocycles. The second-order valence-electron chi connectivity index (χ2n) is 5.80. The Bertz CT molecular complexity index is 962. The van der Waals surface area contributed by atoms with Crippen LogP contribution in [0.5, 0.6) is 23.0 Å². The number of hydrogen-bond acceptors (Lipinski definition) is 4. The van der Waals surface area contributed by atoms with Gasteiger partial charge in [0.1, 0.15) is 35.1 Å². The first-order valence-electron chi connectivity index (χ1n) is 8.07. The van der Waals surface area contributed by atoms with Crippen molar-refractivity contribution >= 4 is 0 Å². The molecule has 0 amide bonds. The van der Waals surface area contributed by atoms with Crippen LogP contribution in [0, 0.1) is 36.5 Å². The van der Waals surface area contributed by atoms with Crippen molar-refractivity contribution in [2.24, 2.45) is 0 Å². The average molecular weight is 340 g/mol. The predicted molar refractivity (Wildman–Crippen MR) is 98.4 cm³/mol. The van der Waals surface area contributed by atoms with Gasteiger partial charge in [-0.15, -0.1) is 0 Å². The molecular formula is C22H16N2O2. The molecule has 26 heavy (non-hydrogen) atoms. The van der Waals surface area contributed by atoms with Gasteiger partial charge in [-0.25, -0.2) is 0 Å². The summed E-state index contributed by atoms with van der Waals surface area (Å²) >= 11 is 0. The van der Waals surface area contributed by atoms with Crippen LogP contribution < -0.4 is 9.47 Å². The van der Waals surface area contributed by atoms with Gasteiger partial charge in [0.15, 0.2) is 0 Å². The Balaban J connectivity index is 1.89. The summed E-state index contributed by atoms with van der Waals surface area (Å²) in [5.74, 6) is 2.10. The van der Waals surface area contributed by atoms with E-state index in [9.17, 15) is 10.5 Å². The van der Waals surface area contributed by atoms with Gasteiger partial charge in [0.2, 0.25) is 0 Å². The first-order chi connectivity index (χ1) is 12.6. The third-order valence-electron chi connectivity index (χ3n) is 3.95. The van der Waals surface area contributed by atoms with Gasteiger partial charge in [-0.3, -0.25) is 0 Å². The minimum atomic E-state index is 0.498. The molecule has 0 aromatic heterocycles. The van der Waals surface area contributed by atoms with Crippen LogP contribution in [0.3, 0.4) is 0 Å². The summed E-state index contributed by atoms with van der Waals surface area (Å²) < 4.78 is 11.7. The Morgan fingerprint density at radius 2 is 1.08 bits per heavy atom. The zero-order valence-corrected chi connectivity index (χ0v) is 14.5. The van der Waals surface area contributed by atoms with E-state index in [2.05, 4.69) is 12.1 Å². The average Bonchev–Trinajstić information content (AvgIpc) is 2.62. The maximum atomic E-state index is 9.33. The van der Waals surface area contributed by atoms with Crippen molar-refractivity contribution in [1.29, 1.82) is 10.5 Å². The van der Waals surface area contributed by atoms with Gasteiger partial charge in [0.25, 0.3) is 0 Å². The number of nitrogens with zero attached hydrogens (tertiary/aromatic N) is 2. The van der Waals surface area contributed by atoms with Gasteiger partial charge in [-0.2, -0.15) is 10.5 Å². The molecule has 3 aromatic carbocycles. The zero-order valence-electron chi connectivity index (χ0n) is 14.5. The van der Waals surface area contributed by atoms with E-state index >= 15 is 0 Å². The number of aryl methyl sites for hydroxylation is 2. The Morgan fingerprint density at radius 1 is 0.654 bits per heavy atom. The molecule has 0 unspecified atom stereocenters. The van der Waals surface area contributed by atoms with Crippen molar-refractivity contribution in [2.75, 3.05) is 0 Å². The monoisotopic (exact) mass is 340 g/mol. The van der Waals surface area contributed by atoms with Crippen LogP contribution in [-0.4, -0.2) is 0 Å². The molecule has 0 spiro atoms. The van der Waals surface area contributed by atoms with E-state index in [1.807, 2.05) is 38.1 Å². The molecule has 0 aliphatic heterocycles. The summed E-state index contributed by atoms with van der Waals surface area (Å²) in [6.45, 7) is 3.73. The van der Waals surface area contributed by atoms with Crippen molar-refractivity contribution in [3.05, 3.63) is 82.9 Å². The molecule has 126 valence electrons. The van der Waals surface area contributed by atoms with Crippen molar-refractivity contribution in [3.63, 3.8) is 0 Å². The lowest BCUT2D eigenvalue weighted by atomic mass is 10.1. The fourth-order valence-corrected chi connectivity index (χ4v) is 2.59. The van der Waals surface area contributed by atoms with Gasteiger partial charge >= 0.3 is 0 Å². The molecule has 0 aliphatic rings. The zero-order chi connectivity index (χ0) is 18.5. The lowest BCUT2D eigenvalue weighted by molar-refractivity contribution is 0.458. The second kappa shape index (κ2) is 7.42. The maximum absolute atomic E-state index is 9.33. The number of benzene rings is 3. The highest BCUT2D eigenvalue weighted by Gasteiger charge is 2.10. The summed E-state index contributed by atoms with van der Waals surface area (Å²) in [6, 6.07) is 22.4. The molecule has 4 nitrogen and oxygen atoms in total. The Labute approximate surface area is 152 Å². The Hall–Kier alpha value is -3.76. The molecule has 0 saturated heterocycles. The highest BCUT2D eigenvalue weighted by atomic mass is 16.5. The lowest BCUT2D eigenvalue weighted by Gasteiger charge is -2.12. The lowest BCUT2D eigenvalue weighted by Crippen LogP contribution is -1.93. The smallest absolute Gasteiger partial charge is 0.145 e. The van der Waals surface area contributed by atoms with E-state index in [0.717, 1.165) is 11.1 Å². The van der Waals surface area contributed by atoms with Crippen LogP contribution in [-0.2, 0) is 0 Å². The predicted octanol–water partition coefficient (Wildman–Crippen LogP) is 5.63. The molecule has 0 atom stereocenters. The van der Waals surface area contributed by atoms with Crippen LogP contribution in [0.15, 0.2) is 60.7 Å². The summed E-state index contributed by atoms with van der Waals surface area (Å²) in [7, 11) is 0. The topological polar surface area (TPSA) is 66.0 Å². The van der Waals surface area contributed by atoms with E-state index in [1.165, 1.54) is 0 Å². The second-order valence-corrected chi connectivity index (χ2v) is 5.80. The molecule has 0 N–H and O–H groups in total. The van der Waals surface area contributed by atoms with Gasteiger partial charge in [-0.05, 0) is 49.2 Å². The summed E-state index contributed by atoms with van der Waals surface area (Å²) in [5, 5.41) is 18.7. The number of nitriles is 2. The Kier molecular flexibility index (Phi) is 4.87. The van der Waals surface area contributed by atoms with Crippen molar-refractivity contribution in [2.45, 2.75) is 13.8 Å².